The molecule has 0 radical (unpaired) electrons. The minimum absolute atomic E-state index is 0.271. The van der Waals surface area contributed by atoms with Crippen LogP contribution in [-0.2, 0) is 33.2 Å². The van der Waals surface area contributed by atoms with E-state index in [1.165, 1.54) is 19.8 Å². The van der Waals surface area contributed by atoms with Crippen molar-refractivity contribution in [1.82, 2.24) is 0 Å². The van der Waals surface area contributed by atoms with E-state index in [0.717, 1.165) is 51.4 Å². The summed E-state index contributed by atoms with van der Waals surface area (Å²) in [6.45, 7) is 1.87. The van der Waals surface area contributed by atoms with Gasteiger partial charge in [0.05, 0.1) is 6.61 Å². The van der Waals surface area contributed by atoms with Crippen molar-refractivity contribution in [3.63, 3.8) is 0 Å². The first kappa shape index (κ1) is 18.3. The fourth-order valence-corrected chi connectivity index (χ4v) is 5.40. The molecule has 7 nitrogen and oxygen atoms in total. The van der Waals surface area contributed by atoms with Crippen LogP contribution < -0.4 is 0 Å². The summed E-state index contributed by atoms with van der Waals surface area (Å²) in [5.41, 5.74) is 0. The van der Waals surface area contributed by atoms with Crippen molar-refractivity contribution in [3.8, 4) is 0 Å². The lowest BCUT2D eigenvalue weighted by Crippen LogP contribution is -2.46. The van der Waals surface area contributed by atoms with Crippen molar-refractivity contribution in [2.75, 3.05) is 6.61 Å². The van der Waals surface area contributed by atoms with Gasteiger partial charge in [-0.3, -0.25) is 4.79 Å². The van der Waals surface area contributed by atoms with Gasteiger partial charge in [0.2, 0.25) is 0 Å². The Kier molecular flexibility index (Phi) is 4.71. The Balaban J connectivity index is 1.31. The van der Waals surface area contributed by atoms with Gasteiger partial charge in [-0.2, -0.15) is 0 Å². The normalized spacial score (nSPS) is 42.5. The molecular formula is C20H30O7. The molecule has 2 saturated carbocycles. The van der Waals surface area contributed by atoms with Crippen molar-refractivity contribution in [2.45, 2.75) is 113 Å². The second kappa shape index (κ2) is 6.95. The number of hydrogen-bond acceptors (Lipinski definition) is 7. The van der Waals surface area contributed by atoms with E-state index in [4.69, 9.17) is 28.4 Å². The fourth-order valence-electron chi connectivity index (χ4n) is 5.40. The Morgan fingerprint density at radius 1 is 0.852 bits per heavy atom. The predicted molar refractivity (Wildman–Crippen MR) is 92.6 cm³/mol. The third-order valence-electron chi connectivity index (χ3n) is 6.66. The number of ether oxygens (including phenoxy) is 6. The number of carbonyl (C=O) groups is 1. The van der Waals surface area contributed by atoms with E-state index in [-0.39, 0.29) is 12.1 Å². The quantitative estimate of drug-likeness (QED) is 0.680. The predicted octanol–water partition coefficient (Wildman–Crippen LogP) is 2.79. The molecule has 0 N–H and O–H groups in total. The maximum atomic E-state index is 11.8. The average molecular weight is 382 g/mol. The van der Waals surface area contributed by atoms with E-state index in [9.17, 15) is 4.79 Å². The number of rotatable bonds is 2. The molecule has 0 amide bonds. The molecule has 3 aliphatic heterocycles. The SMILES string of the molecule is CC(=O)O[C@@H]1[C@H]([C@@H]2COC3(CCCCC3)O2)O[C@H]2OC3(CCCCC3)O[C@@H]21. The number of fused-ring (bicyclic) bond motifs is 1. The zero-order valence-corrected chi connectivity index (χ0v) is 16.0. The largest absolute Gasteiger partial charge is 0.457 e. The zero-order valence-electron chi connectivity index (χ0n) is 16.0. The molecule has 0 aromatic heterocycles. The molecule has 5 fully saturated rings. The summed E-state index contributed by atoms with van der Waals surface area (Å²) < 4.78 is 36.8. The minimum Gasteiger partial charge on any atom is -0.457 e. The van der Waals surface area contributed by atoms with Crippen molar-refractivity contribution < 1.29 is 33.2 Å². The van der Waals surface area contributed by atoms with Crippen LogP contribution in [0, 0.1) is 0 Å². The van der Waals surface area contributed by atoms with E-state index < -0.39 is 36.2 Å². The van der Waals surface area contributed by atoms with Gasteiger partial charge < -0.3 is 28.4 Å². The van der Waals surface area contributed by atoms with E-state index >= 15 is 0 Å². The van der Waals surface area contributed by atoms with Gasteiger partial charge in [0.25, 0.3) is 0 Å². The maximum absolute atomic E-state index is 11.8. The smallest absolute Gasteiger partial charge is 0.303 e. The van der Waals surface area contributed by atoms with Gasteiger partial charge in [-0.05, 0) is 25.7 Å². The molecule has 0 unspecified atom stereocenters. The number of carbonyl (C=O) groups excluding carboxylic acids is 1. The molecular weight excluding hydrogens is 352 g/mol. The molecule has 7 heteroatoms. The van der Waals surface area contributed by atoms with Crippen molar-refractivity contribution in [2.24, 2.45) is 0 Å². The van der Waals surface area contributed by atoms with E-state index in [1.54, 1.807) is 0 Å². The Morgan fingerprint density at radius 3 is 2.19 bits per heavy atom. The Hall–Kier alpha value is -0.730. The van der Waals surface area contributed by atoms with Gasteiger partial charge >= 0.3 is 5.97 Å². The molecule has 2 spiro atoms. The highest BCUT2D eigenvalue weighted by atomic mass is 16.9. The molecule has 5 rings (SSSR count). The summed E-state index contributed by atoms with van der Waals surface area (Å²) >= 11 is 0. The lowest BCUT2D eigenvalue weighted by Gasteiger charge is -2.35. The monoisotopic (exact) mass is 382 g/mol. The molecule has 27 heavy (non-hydrogen) atoms. The molecule has 152 valence electrons. The van der Waals surface area contributed by atoms with Crippen molar-refractivity contribution in [1.29, 1.82) is 0 Å². The summed E-state index contributed by atoms with van der Waals surface area (Å²) in [5.74, 6) is -1.40. The maximum Gasteiger partial charge on any atom is 0.303 e. The third-order valence-corrected chi connectivity index (χ3v) is 6.66. The summed E-state index contributed by atoms with van der Waals surface area (Å²) in [7, 11) is 0. The van der Waals surface area contributed by atoms with Crippen LogP contribution in [0.5, 0.6) is 0 Å². The van der Waals surface area contributed by atoms with Gasteiger partial charge in [0, 0.05) is 32.6 Å². The van der Waals surface area contributed by atoms with Gasteiger partial charge in [-0.1, -0.05) is 12.8 Å². The van der Waals surface area contributed by atoms with Crippen LogP contribution in [0.15, 0.2) is 0 Å². The molecule has 5 atom stereocenters. The molecule has 3 saturated heterocycles. The first-order chi connectivity index (χ1) is 13.1. The first-order valence-electron chi connectivity index (χ1n) is 10.6. The molecule has 5 aliphatic rings. The molecule has 2 aliphatic carbocycles. The highest BCUT2D eigenvalue weighted by Gasteiger charge is 2.62. The number of esters is 1. The lowest BCUT2D eigenvalue weighted by molar-refractivity contribution is -0.261. The molecule has 0 bridgehead atoms. The summed E-state index contributed by atoms with van der Waals surface area (Å²) in [5, 5.41) is 0. The van der Waals surface area contributed by atoms with Crippen LogP contribution in [0.1, 0.15) is 71.1 Å². The summed E-state index contributed by atoms with van der Waals surface area (Å²) in [6.07, 6.45) is 8.27. The number of hydrogen-bond donors (Lipinski definition) is 0. The van der Waals surface area contributed by atoms with Crippen molar-refractivity contribution in [3.05, 3.63) is 0 Å². The van der Waals surface area contributed by atoms with E-state index in [1.807, 2.05) is 0 Å². The van der Waals surface area contributed by atoms with Crippen LogP contribution in [0.25, 0.3) is 0 Å². The van der Waals surface area contributed by atoms with Gasteiger partial charge in [0.15, 0.2) is 30.1 Å². The lowest BCUT2D eigenvalue weighted by atomic mass is 9.94. The van der Waals surface area contributed by atoms with Gasteiger partial charge in [0.1, 0.15) is 12.2 Å². The van der Waals surface area contributed by atoms with Crippen LogP contribution in [0.2, 0.25) is 0 Å². The van der Waals surface area contributed by atoms with Crippen molar-refractivity contribution >= 4 is 5.97 Å². The summed E-state index contributed by atoms with van der Waals surface area (Å²) in [4.78, 5) is 11.8. The first-order valence-corrected chi connectivity index (χ1v) is 10.6. The Bertz CT molecular complexity index is 567. The zero-order chi connectivity index (χ0) is 18.5. The highest BCUT2D eigenvalue weighted by molar-refractivity contribution is 5.66. The standard InChI is InChI=1S/C20H30O7/c1-13(21)23-16-15(14-12-22-19(25-14)8-4-2-5-9-19)24-18-17(16)26-20(27-18)10-6-3-7-11-20/h14-18H,2-12H2,1H3/t14-,15-,16+,17+,18-/m0/s1. The topological polar surface area (TPSA) is 72.5 Å². The Labute approximate surface area is 159 Å². The van der Waals surface area contributed by atoms with Crippen LogP contribution in [0.3, 0.4) is 0 Å². The Morgan fingerprint density at radius 2 is 1.52 bits per heavy atom. The van der Waals surface area contributed by atoms with E-state index in [2.05, 4.69) is 0 Å². The fraction of sp³-hybridized carbons (Fsp3) is 0.950. The van der Waals surface area contributed by atoms with E-state index in [0.29, 0.717) is 6.61 Å². The molecule has 0 aromatic carbocycles. The second-order valence-electron chi connectivity index (χ2n) is 8.65. The van der Waals surface area contributed by atoms with Crippen LogP contribution in [-0.4, -0.2) is 54.9 Å². The molecule has 3 heterocycles. The molecule has 0 aromatic rings. The van der Waals surface area contributed by atoms with Gasteiger partial charge in [-0.25, -0.2) is 0 Å². The average Bonchev–Trinajstić information content (AvgIpc) is 3.29. The van der Waals surface area contributed by atoms with Crippen LogP contribution in [0.4, 0.5) is 0 Å². The second-order valence-corrected chi connectivity index (χ2v) is 8.65. The minimum atomic E-state index is -0.575. The summed E-state index contributed by atoms with van der Waals surface area (Å²) in [6, 6.07) is 0. The third kappa shape index (κ3) is 3.31. The highest BCUT2D eigenvalue weighted by Crippen LogP contribution is 2.48. The van der Waals surface area contributed by atoms with Gasteiger partial charge in [-0.15, -0.1) is 0 Å². The van der Waals surface area contributed by atoms with Crippen LogP contribution >= 0.6 is 0 Å².